The summed E-state index contributed by atoms with van der Waals surface area (Å²) in [5, 5.41) is 1.56. The van der Waals surface area contributed by atoms with E-state index in [1.165, 1.54) is 38.9 Å². The van der Waals surface area contributed by atoms with Crippen LogP contribution in [0.15, 0.2) is 24.3 Å². The maximum Gasteiger partial charge on any atom is 0.0776 e. The minimum atomic E-state index is -1.25. The Labute approximate surface area is 131 Å². The molecule has 21 heavy (non-hydrogen) atoms. The molecule has 1 heteroatoms. The van der Waals surface area contributed by atoms with Crippen LogP contribution in [0.2, 0.25) is 19.6 Å². The Hall–Kier alpha value is -1.34. The minimum absolute atomic E-state index is 1.25. The van der Waals surface area contributed by atoms with Gasteiger partial charge in [0, 0.05) is 0 Å². The molecule has 0 amide bonds. The Morgan fingerprint density at radius 1 is 0.619 bits per heavy atom. The van der Waals surface area contributed by atoms with Gasteiger partial charge in [0.15, 0.2) is 0 Å². The second-order valence-electron chi connectivity index (χ2n) is 7.47. The molecule has 0 bridgehead atoms. The van der Waals surface area contributed by atoms with Gasteiger partial charge >= 0.3 is 0 Å². The van der Waals surface area contributed by atoms with Crippen molar-refractivity contribution < 1.29 is 0 Å². The molecule has 2 rings (SSSR count). The quantitative estimate of drug-likeness (QED) is 0.647. The monoisotopic (exact) mass is 296 g/mol. The normalized spacial score (nSPS) is 11.8. The van der Waals surface area contributed by atoms with Gasteiger partial charge in [-0.1, -0.05) is 49.1 Å². The highest BCUT2D eigenvalue weighted by molar-refractivity contribution is 6.88. The van der Waals surface area contributed by atoms with Crippen LogP contribution in [0.5, 0.6) is 0 Å². The van der Waals surface area contributed by atoms with Crippen LogP contribution in [-0.2, 0) is 0 Å². The van der Waals surface area contributed by atoms with Gasteiger partial charge in [-0.2, -0.15) is 0 Å². The summed E-state index contributed by atoms with van der Waals surface area (Å²) >= 11 is 0. The molecule has 0 aromatic heterocycles. The van der Waals surface area contributed by atoms with Gasteiger partial charge in [-0.05, 0) is 73.6 Å². The molecule has 2 aromatic rings. The van der Waals surface area contributed by atoms with Crippen molar-refractivity contribution >= 4 is 13.3 Å². The topological polar surface area (TPSA) is 0 Å². The van der Waals surface area contributed by atoms with Gasteiger partial charge < -0.3 is 0 Å². The fourth-order valence-electron chi connectivity index (χ4n) is 3.03. The summed E-state index contributed by atoms with van der Waals surface area (Å²) in [5.74, 6) is 0. The second-order valence-corrected chi connectivity index (χ2v) is 12.5. The van der Waals surface area contributed by atoms with Crippen LogP contribution in [0.1, 0.15) is 27.8 Å². The highest BCUT2D eigenvalue weighted by Crippen LogP contribution is 2.30. The highest BCUT2D eigenvalue weighted by Gasteiger charge is 2.19. The van der Waals surface area contributed by atoms with Gasteiger partial charge in [0.05, 0.1) is 8.07 Å². The molecule has 0 radical (unpaired) electrons. The fraction of sp³-hybridized carbons (Fsp3) is 0.400. The Morgan fingerprint density at radius 3 is 1.43 bits per heavy atom. The van der Waals surface area contributed by atoms with E-state index in [-0.39, 0.29) is 0 Å². The van der Waals surface area contributed by atoms with Crippen LogP contribution in [0.4, 0.5) is 0 Å². The van der Waals surface area contributed by atoms with E-state index in [0.717, 1.165) is 0 Å². The predicted molar refractivity (Wildman–Crippen MR) is 98.5 cm³/mol. The van der Waals surface area contributed by atoms with Gasteiger partial charge in [-0.15, -0.1) is 0 Å². The molecule has 0 aliphatic carbocycles. The molecular formula is C20H28Si. The van der Waals surface area contributed by atoms with Crippen molar-refractivity contribution in [3.63, 3.8) is 0 Å². The average Bonchev–Trinajstić information content (AvgIpc) is 2.33. The zero-order valence-corrected chi connectivity index (χ0v) is 15.8. The lowest BCUT2D eigenvalue weighted by Gasteiger charge is -2.21. The van der Waals surface area contributed by atoms with Crippen LogP contribution < -0.4 is 5.19 Å². The molecule has 0 unspecified atom stereocenters. The van der Waals surface area contributed by atoms with E-state index in [1.54, 1.807) is 5.19 Å². The smallest absolute Gasteiger partial charge is 0.0656 e. The first-order valence-electron chi connectivity index (χ1n) is 7.81. The van der Waals surface area contributed by atoms with E-state index in [0.29, 0.717) is 0 Å². The molecule has 0 fully saturated rings. The molecule has 0 nitrogen and oxygen atoms in total. The molecule has 2 aromatic carbocycles. The molecule has 0 spiro atoms. The van der Waals surface area contributed by atoms with E-state index >= 15 is 0 Å². The van der Waals surface area contributed by atoms with Crippen molar-refractivity contribution in [2.45, 2.75) is 54.3 Å². The third-order valence-corrected chi connectivity index (χ3v) is 6.64. The summed E-state index contributed by atoms with van der Waals surface area (Å²) < 4.78 is 0. The number of hydrogen-bond donors (Lipinski definition) is 0. The third kappa shape index (κ3) is 3.13. The van der Waals surface area contributed by atoms with Gasteiger partial charge in [0.25, 0.3) is 0 Å². The van der Waals surface area contributed by atoms with E-state index < -0.39 is 8.07 Å². The van der Waals surface area contributed by atoms with Crippen molar-refractivity contribution in [1.29, 1.82) is 0 Å². The van der Waals surface area contributed by atoms with Crippen LogP contribution in [0.25, 0.3) is 11.1 Å². The number of benzene rings is 2. The van der Waals surface area contributed by atoms with Crippen LogP contribution >= 0.6 is 0 Å². The Morgan fingerprint density at radius 2 is 1.05 bits per heavy atom. The molecule has 0 aliphatic rings. The largest absolute Gasteiger partial charge is 0.0776 e. The lowest BCUT2D eigenvalue weighted by molar-refractivity contribution is 1.26. The van der Waals surface area contributed by atoms with Crippen molar-refractivity contribution in [3.8, 4) is 11.1 Å². The predicted octanol–water partition coefficient (Wildman–Crippen LogP) is 5.44. The van der Waals surface area contributed by atoms with E-state index in [1.807, 2.05) is 0 Å². The second kappa shape index (κ2) is 5.45. The van der Waals surface area contributed by atoms with Crippen molar-refractivity contribution in [1.82, 2.24) is 0 Å². The average molecular weight is 297 g/mol. The summed E-state index contributed by atoms with van der Waals surface area (Å²) in [7, 11) is -1.25. The Balaban J connectivity index is 2.66. The summed E-state index contributed by atoms with van der Waals surface area (Å²) in [6.07, 6.45) is 0. The Bertz CT molecular complexity index is 641. The zero-order valence-electron chi connectivity index (χ0n) is 14.8. The number of aryl methyl sites for hydroxylation is 4. The van der Waals surface area contributed by atoms with Crippen LogP contribution in [-0.4, -0.2) is 8.07 Å². The molecule has 0 atom stereocenters. The SMILES string of the molecule is Cc1cc(-c2c(C)cc([Si](C)(C)C)cc2C)cc(C)c1C. The highest BCUT2D eigenvalue weighted by atomic mass is 28.3. The molecule has 0 heterocycles. The lowest BCUT2D eigenvalue weighted by Crippen LogP contribution is -2.38. The van der Waals surface area contributed by atoms with Gasteiger partial charge in [0.2, 0.25) is 0 Å². The first kappa shape index (κ1) is 16.0. The zero-order chi connectivity index (χ0) is 15.9. The number of rotatable bonds is 2. The Kier molecular flexibility index (Phi) is 4.16. The van der Waals surface area contributed by atoms with E-state index in [4.69, 9.17) is 0 Å². The molecule has 0 N–H and O–H groups in total. The molecule has 0 saturated heterocycles. The van der Waals surface area contributed by atoms with Crippen LogP contribution in [0.3, 0.4) is 0 Å². The van der Waals surface area contributed by atoms with Crippen molar-refractivity contribution in [2.75, 3.05) is 0 Å². The van der Waals surface area contributed by atoms with Gasteiger partial charge in [-0.25, -0.2) is 0 Å². The standard InChI is InChI=1S/C20H28Si/c1-13-9-18(10-14(2)17(13)5)20-15(3)11-19(12-16(20)4)21(6,7)8/h9-12H,1-8H3. The molecule has 112 valence electrons. The molecular weight excluding hydrogens is 268 g/mol. The van der Waals surface area contributed by atoms with E-state index in [2.05, 4.69) is 78.5 Å². The molecule has 0 saturated carbocycles. The maximum atomic E-state index is 2.42. The van der Waals surface area contributed by atoms with Crippen molar-refractivity contribution in [3.05, 3.63) is 52.1 Å². The van der Waals surface area contributed by atoms with Gasteiger partial charge in [0.1, 0.15) is 0 Å². The van der Waals surface area contributed by atoms with Crippen molar-refractivity contribution in [2.24, 2.45) is 0 Å². The first-order chi connectivity index (χ1) is 9.61. The minimum Gasteiger partial charge on any atom is -0.0656 e. The summed E-state index contributed by atoms with van der Waals surface area (Å²) in [6.45, 7) is 18.4. The lowest BCUT2D eigenvalue weighted by atomic mass is 9.91. The maximum absolute atomic E-state index is 2.42. The first-order valence-corrected chi connectivity index (χ1v) is 11.3. The molecule has 0 aliphatic heterocycles. The summed E-state index contributed by atoms with van der Waals surface area (Å²) in [5.41, 5.74) is 9.80. The third-order valence-electron chi connectivity index (χ3n) is 4.61. The summed E-state index contributed by atoms with van der Waals surface area (Å²) in [4.78, 5) is 0. The summed E-state index contributed by atoms with van der Waals surface area (Å²) in [6, 6.07) is 9.51. The van der Waals surface area contributed by atoms with Gasteiger partial charge in [-0.3, -0.25) is 0 Å². The van der Waals surface area contributed by atoms with Crippen LogP contribution in [0, 0.1) is 34.6 Å². The number of hydrogen-bond acceptors (Lipinski definition) is 0. The van der Waals surface area contributed by atoms with E-state index in [9.17, 15) is 0 Å². The fourth-order valence-corrected chi connectivity index (χ4v) is 4.33.